The molecule has 0 aromatic heterocycles. The largest absolute Gasteiger partial charge is 0.394 e. The fourth-order valence-corrected chi connectivity index (χ4v) is 5.78. The quantitative estimate of drug-likeness (QED) is 0.0407. The Morgan fingerprint density at radius 2 is 0.891 bits per heavy atom. The minimum atomic E-state index is -1.11. The van der Waals surface area contributed by atoms with E-state index < -0.39 is 24.2 Å². The van der Waals surface area contributed by atoms with Crippen molar-refractivity contribution in [1.29, 1.82) is 0 Å². The van der Waals surface area contributed by atoms with E-state index in [1.165, 1.54) is 135 Å². The number of amides is 1. The molecule has 5 nitrogen and oxygen atoms in total. The van der Waals surface area contributed by atoms with Gasteiger partial charge in [0, 0.05) is 0 Å². The molecule has 1 amide bonds. The molecule has 4 N–H and O–H groups in total. The molecule has 3 atom stereocenters. The average molecular weight is 648 g/mol. The van der Waals surface area contributed by atoms with Crippen LogP contribution in [0.3, 0.4) is 0 Å². The summed E-state index contributed by atoms with van der Waals surface area (Å²) in [4.78, 5) is 12.4. The number of carbonyl (C=O) groups excluding carboxylic acids is 1. The van der Waals surface area contributed by atoms with Crippen LogP contribution in [0.25, 0.3) is 0 Å². The Bertz CT molecular complexity index is 719. The summed E-state index contributed by atoms with van der Waals surface area (Å²) in [5.74, 6) is -0.519. The first-order valence-corrected chi connectivity index (χ1v) is 19.8. The van der Waals surface area contributed by atoms with Gasteiger partial charge in [0.25, 0.3) is 0 Å². The number of rotatable bonds is 35. The summed E-state index contributed by atoms with van der Waals surface area (Å²) in [6.07, 6.45) is 44.5. The smallest absolute Gasteiger partial charge is 0.249 e. The first kappa shape index (κ1) is 44.6. The summed E-state index contributed by atoms with van der Waals surface area (Å²) >= 11 is 0. The van der Waals surface area contributed by atoms with Gasteiger partial charge in [-0.2, -0.15) is 0 Å². The normalized spacial score (nSPS) is 14.1. The highest BCUT2D eigenvalue weighted by Crippen LogP contribution is 2.13. The summed E-state index contributed by atoms with van der Waals surface area (Å²) in [6.45, 7) is 4.15. The zero-order chi connectivity index (χ0) is 33.8. The van der Waals surface area contributed by atoms with Gasteiger partial charge in [0.15, 0.2) is 0 Å². The third-order valence-corrected chi connectivity index (χ3v) is 8.95. The van der Waals surface area contributed by atoms with Crippen LogP contribution >= 0.6 is 0 Å². The van der Waals surface area contributed by atoms with Crippen LogP contribution in [-0.2, 0) is 4.79 Å². The van der Waals surface area contributed by atoms with E-state index >= 15 is 0 Å². The summed E-state index contributed by atoms with van der Waals surface area (Å²) in [6, 6.07) is -0.815. The average Bonchev–Trinajstić information content (AvgIpc) is 3.06. The second kappa shape index (κ2) is 36.4. The summed E-state index contributed by atoms with van der Waals surface area (Å²) < 4.78 is 0. The van der Waals surface area contributed by atoms with Crippen molar-refractivity contribution in [3.8, 4) is 0 Å². The molecule has 270 valence electrons. The fraction of sp³-hybridized carbons (Fsp3) is 0.829. The van der Waals surface area contributed by atoms with Crippen LogP contribution in [0, 0.1) is 0 Å². The number of hydrogen-bond acceptors (Lipinski definition) is 4. The molecule has 0 heterocycles. The highest BCUT2D eigenvalue weighted by Gasteiger charge is 2.22. The first-order chi connectivity index (χ1) is 22.6. The molecule has 0 aromatic carbocycles. The van der Waals surface area contributed by atoms with E-state index in [1.54, 1.807) is 6.08 Å². The molecule has 0 radical (unpaired) electrons. The van der Waals surface area contributed by atoms with Crippen molar-refractivity contribution in [2.24, 2.45) is 0 Å². The highest BCUT2D eigenvalue weighted by molar-refractivity contribution is 5.80. The molecule has 5 heteroatoms. The van der Waals surface area contributed by atoms with Gasteiger partial charge in [-0.25, -0.2) is 0 Å². The molecule has 0 rings (SSSR count). The molecular weight excluding hydrogens is 570 g/mol. The Morgan fingerprint density at radius 3 is 1.33 bits per heavy atom. The van der Waals surface area contributed by atoms with E-state index in [0.717, 1.165) is 38.5 Å². The maximum Gasteiger partial charge on any atom is 0.249 e. The molecule has 0 saturated carbocycles. The van der Waals surface area contributed by atoms with E-state index in [4.69, 9.17) is 0 Å². The maximum atomic E-state index is 12.4. The topological polar surface area (TPSA) is 89.8 Å². The lowest BCUT2D eigenvalue weighted by molar-refractivity contribution is -0.131. The van der Waals surface area contributed by atoms with Crippen LogP contribution in [0.1, 0.15) is 194 Å². The zero-order valence-electron chi connectivity index (χ0n) is 30.5. The van der Waals surface area contributed by atoms with Gasteiger partial charge in [-0.3, -0.25) is 4.79 Å². The van der Waals surface area contributed by atoms with Gasteiger partial charge in [-0.1, -0.05) is 172 Å². The number of nitrogens with one attached hydrogen (secondary N) is 1. The van der Waals surface area contributed by atoms with Crippen LogP contribution in [0.5, 0.6) is 0 Å². The minimum absolute atomic E-state index is 0.378. The maximum absolute atomic E-state index is 12.4. The molecule has 0 aliphatic carbocycles. The van der Waals surface area contributed by atoms with Gasteiger partial charge >= 0.3 is 0 Å². The molecule has 3 unspecified atom stereocenters. The minimum Gasteiger partial charge on any atom is -0.394 e. The van der Waals surface area contributed by atoms with E-state index in [2.05, 4.69) is 43.5 Å². The summed E-state index contributed by atoms with van der Waals surface area (Å²) in [5, 5.41) is 33.0. The number of aliphatic hydroxyl groups is 3. The van der Waals surface area contributed by atoms with Crippen molar-refractivity contribution < 1.29 is 20.1 Å². The number of unbranched alkanes of at least 4 members (excludes halogenated alkanes) is 23. The number of carbonyl (C=O) groups is 1. The lowest BCUT2D eigenvalue weighted by Gasteiger charge is -2.21. The van der Waals surface area contributed by atoms with Crippen molar-refractivity contribution in [1.82, 2.24) is 5.32 Å². The summed E-state index contributed by atoms with van der Waals surface area (Å²) in [7, 11) is 0. The Kier molecular flexibility index (Phi) is 35.3. The summed E-state index contributed by atoms with van der Waals surface area (Å²) in [5.41, 5.74) is 0. The van der Waals surface area contributed by atoms with Crippen molar-refractivity contribution in [3.63, 3.8) is 0 Å². The predicted molar refractivity (Wildman–Crippen MR) is 199 cm³/mol. The molecule has 0 saturated heterocycles. The molecule has 0 fully saturated rings. The van der Waals surface area contributed by atoms with Crippen LogP contribution in [-0.4, -0.2) is 46.1 Å². The standard InChI is InChI=1S/C41H77NO4/c1-3-5-7-9-11-13-15-17-19-20-21-22-24-26-28-30-32-34-36-40(45)41(46)42-38(37-43)39(44)35-33-31-29-27-25-23-18-16-14-12-10-8-6-4-2/h20-21,25,27,33,35,38-40,43-45H,3-19,22-24,26,28-32,34,36-37H2,1-2H3,(H,42,46)/b21-20-,27-25+,35-33+. The van der Waals surface area contributed by atoms with Gasteiger partial charge in [0.05, 0.1) is 18.8 Å². The third kappa shape index (κ3) is 31.2. The van der Waals surface area contributed by atoms with Crippen LogP contribution in [0.4, 0.5) is 0 Å². The van der Waals surface area contributed by atoms with Crippen LogP contribution in [0.2, 0.25) is 0 Å². The zero-order valence-corrected chi connectivity index (χ0v) is 30.5. The van der Waals surface area contributed by atoms with Crippen molar-refractivity contribution in [2.45, 2.75) is 212 Å². The van der Waals surface area contributed by atoms with E-state index in [-0.39, 0.29) is 6.61 Å². The molecule has 0 bridgehead atoms. The van der Waals surface area contributed by atoms with E-state index in [0.29, 0.717) is 6.42 Å². The van der Waals surface area contributed by atoms with Crippen molar-refractivity contribution in [2.75, 3.05) is 6.61 Å². The van der Waals surface area contributed by atoms with Gasteiger partial charge in [-0.05, 0) is 57.8 Å². The molecule has 0 spiro atoms. The van der Waals surface area contributed by atoms with Crippen LogP contribution in [0.15, 0.2) is 36.5 Å². The highest BCUT2D eigenvalue weighted by atomic mass is 16.3. The predicted octanol–water partition coefficient (Wildman–Crippen LogP) is 10.8. The SMILES string of the molecule is CCCCCCCCCC/C=C\CCCCCCCCC(O)C(=O)NC(CO)C(O)/C=C/CC/C=C/CCCCCCCCCC. The van der Waals surface area contributed by atoms with Crippen molar-refractivity contribution in [3.05, 3.63) is 36.5 Å². The molecule has 0 aliphatic heterocycles. The first-order valence-electron chi connectivity index (χ1n) is 19.8. The van der Waals surface area contributed by atoms with Crippen LogP contribution < -0.4 is 5.32 Å². The van der Waals surface area contributed by atoms with Gasteiger partial charge in [0.2, 0.25) is 5.91 Å². The number of allylic oxidation sites excluding steroid dienone is 5. The third-order valence-electron chi connectivity index (χ3n) is 8.95. The lowest BCUT2D eigenvalue weighted by Crippen LogP contribution is -2.48. The lowest BCUT2D eigenvalue weighted by atomic mass is 10.0. The Morgan fingerprint density at radius 1 is 0.522 bits per heavy atom. The second-order valence-corrected chi connectivity index (χ2v) is 13.5. The van der Waals surface area contributed by atoms with Gasteiger partial charge < -0.3 is 20.6 Å². The molecule has 0 aliphatic rings. The Labute approximate surface area is 285 Å². The molecular formula is C41H77NO4. The van der Waals surface area contributed by atoms with E-state index in [1.807, 2.05) is 6.08 Å². The molecule has 0 aromatic rings. The second-order valence-electron chi connectivity index (χ2n) is 13.5. The monoisotopic (exact) mass is 648 g/mol. The Hall–Kier alpha value is -1.43. The number of hydrogen-bond donors (Lipinski definition) is 4. The number of aliphatic hydroxyl groups excluding tert-OH is 3. The van der Waals surface area contributed by atoms with Gasteiger partial charge in [-0.15, -0.1) is 0 Å². The Balaban J connectivity index is 3.77. The van der Waals surface area contributed by atoms with Crippen molar-refractivity contribution >= 4 is 5.91 Å². The fourth-order valence-electron chi connectivity index (χ4n) is 5.78. The molecule has 46 heavy (non-hydrogen) atoms. The van der Waals surface area contributed by atoms with Gasteiger partial charge in [0.1, 0.15) is 6.10 Å². The van der Waals surface area contributed by atoms with E-state index in [9.17, 15) is 20.1 Å².